The third-order valence-electron chi connectivity index (χ3n) is 5.12. The van der Waals surface area contributed by atoms with E-state index in [0.29, 0.717) is 35.4 Å². The van der Waals surface area contributed by atoms with E-state index in [1.165, 1.54) is 11.8 Å². The average Bonchev–Trinajstić information content (AvgIpc) is 3.36. The van der Waals surface area contributed by atoms with E-state index in [2.05, 4.69) is 4.99 Å². The van der Waals surface area contributed by atoms with Gasteiger partial charge in [0.2, 0.25) is 0 Å². The number of fused-ring (bicyclic) bond motifs is 1. The monoisotopic (exact) mass is 426 g/mol. The van der Waals surface area contributed by atoms with Crippen molar-refractivity contribution in [2.45, 2.75) is 30.2 Å². The van der Waals surface area contributed by atoms with Crippen molar-refractivity contribution in [2.24, 2.45) is 4.99 Å². The van der Waals surface area contributed by atoms with Crippen molar-refractivity contribution in [1.29, 1.82) is 0 Å². The van der Waals surface area contributed by atoms with Crippen molar-refractivity contribution in [3.63, 3.8) is 0 Å². The lowest BCUT2D eigenvalue weighted by molar-refractivity contribution is -0.126. The van der Waals surface area contributed by atoms with Crippen LogP contribution in [0, 0.1) is 0 Å². The van der Waals surface area contributed by atoms with E-state index in [1.54, 1.807) is 32.4 Å². The summed E-state index contributed by atoms with van der Waals surface area (Å²) < 4.78 is 40.6. The number of amidine groups is 1. The topological polar surface area (TPSA) is 94.5 Å². The van der Waals surface area contributed by atoms with Crippen molar-refractivity contribution in [3.05, 3.63) is 18.2 Å². The van der Waals surface area contributed by atoms with Crippen molar-refractivity contribution in [3.8, 4) is 11.5 Å². The van der Waals surface area contributed by atoms with Crippen LogP contribution in [0.15, 0.2) is 23.2 Å². The zero-order valence-corrected chi connectivity index (χ0v) is 17.3. The van der Waals surface area contributed by atoms with E-state index >= 15 is 0 Å². The number of benzene rings is 1. The molecule has 0 unspecified atom stereocenters. The molecular weight excluding hydrogens is 404 g/mol. The van der Waals surface area contributed by atoms with Crippen molar-refractivity contribution >= 4 is 38.4 Å². The predicted octanol–water partition coefficient (Wildman–Crippen LogP) is 1.48. The molecule has 4 rings (SSSR count). The molecule has 3 aliphatic rings. The smallest absolute Gasteiger partial charge is 0.277 e. The fraction of sp³-hybridized carbons (Fsp3) is 0.556. The molecule has 8 nitrogen and oxygen atoms in total. The zero-order valence-electron chi connectivity index (χ0n) is 15.7. The highest BCUT2D eigenvalue weighted by atomic mass is 32.2. The molecule has 1 aromatic rings. The van der Waals surface area contributed by atoms with Gasteiger partial charge in [-0.1, -0.05) is 11.8 Å². The van der Waals surface area contributed by atoms with Crippen LogP contribution in [0.1, 0.15) is 12.8 Å². The van der Waals surface area contributed by atoms with Crippen LogP contribution in [0.4, 0.5) is 5.69 Å². The Morgan fingerprint density at radius 2 is 2.11 bits per heavy atom. The van der Waals surface area contributed by atoms with Crippen LogP contribution in [0.25, 0.3) is 0 Å². The molecule has 3 heterocycles. The molecule has 0 saturated carbocycles. The minimum absolute atomic E-state index is 0.0208. The Labute approximate surface area is 168 Å². The number of carbonyl (C=O) groups is 1. The quantitative estimate of drug-likeness (QED) is 0.715. The number of ether oxygens (including phenoxy) is 3. The summed E-state index contributed by atoms with van der Waals surface area (Å²) in [6.07, 6.45) is 0.985. The van der Waals surface area contributed by atoms with Crippen molar-refractivity contribution in [1.82, 2.24) is 0 Å². The van der Waals surface area contributed by atoms with Crippen LogP contribution >= 0.6 is 11.8 Å². The number of carbonyl (C=O) groups excluding carboxylic acids is 1. The molecule has 152 valence electrons. The summed E-state index contributed by atoms with van der Waals surface area (Å²) >= 11 is 1.34. The predicted molar refractivity (Wildman–Crippen MR) is 107 cm³/mol. The van der Waals surface area contributed by atoms with Gasteiger partial charge in [-0.3, -0.25) is 4.79 Å². The summed E-state index contributed by atoms with van der Waals surface area (Å²) in [5, 5.41) is 0.321. The van der Waals surface area contributed by atoms with Gasteiger partial charge in [0.15, 0.2) is 15.0 Å². The number of methoxy groups -OCH3 is 2. The summed E-state index contributed by atoms with van der Waals surface area (Å²) in [5.41, 5.74) is 0.666. The summed E-state index contributed by atoms with van der Waals surface area (Å²) in [7, 11) is -0.0362. The Kier molecular flexibility index (Phi) is 5.28. The molecule has 1 aromatic carbocycles. The Hall–Kier alpha value is -1.78. The molecule has 0 bridgehead atoms. The number of hydrogen-bond donors (Lipinski definition) is 0. The van der Waals surface area contributed by atoms with E-state index in [4.69, 9.17) is 14.2 Å². The minimum Gasteiger partial charge on any atom is -0.497 e. The first-order chi connectivity index (χ1) is 13.4. The molecule has 3 atom stereocenters. The van der Waals surface area contributed by atoms with Gasteiger partial charge in [-0.2, -0.15) is 4.99 Å². The Morgan fingerprint density at radius 3 is 2.79 bits per heavy atom. The number of nitrogens with zero attached hydrogens (tertiary/aromatic N) is 2. The van der Waals surface area contributed by atoms with E-state index < -0.39 is 15.9 Å². The Balaban J connectivity index is 1.73. The second-order valence-corrected chi connectivity index (χ2v) is 10.3. The largest absolute Gasteiger partial charge is 0.497 e. The lowest BCUT2D eigenvalue weighted by Gasteiger charge is -2.26. The second kappa shape index (κ2) is 7.57. The first kappa shape index (κ1) is 19.5. The number of thioether (sulfide) groups is 1. The standard InChI is InChI=1S/C18H22N2O6S2/c1-24-11-5-6-12(15(8-11)25-2)20-13-9-28(22,23)10-16(13)27-18(20)19-17(21)14-4-3-7-26-14/h5-6,8,13-14,16H,3-4,7,9-10H2,1-2H3/t13-,14+,16+/m0/s1. The molecule has 0 aliphatic carbocycles. The molecule has 0 N–H and O–H groups in total. The number of amides is 1. The molecule has 3 fully saturated rings. The Bertz CT molecular complexity index is 911. The normalized spacial score (nSPS) is 29.9. The summed E-state index contributed by atoms with van der Waals surface area (Å²) in [5.74, 6) is 0.927. The molecule has 28 heavy (non-hydrogen) atoms. The molecule has 0 spiro atoms. The van der Waals surface area contributed by atoms with Crippen molar-refractivity contribution < 1.29 is 27.4 Å². The van der Waals surface area contributed by atoms with Gasteiger partial charge in [0.25, 0.3) is 5.91 Å². The van der Waals surface area contributed by atoms with Gasteiger partial charge in [0.1, 0.15) is 17.6 Å². The third-order valence-corrected chi connectivity index (χ3v) is 8.33. The fourth-order valence-electron chi connectivity index (χ4n) is 3.77. The molecular formula is C18H22N2O6S2. The van der Waals surface area contributed by atoms with Gasteiger partial charge in [-0.05, 0) is 25.0 Å². The molecule has 3 aliphatic heterocycles. The highest BCUT2D eigenvalue weighted by Crippen LogP contribution is 2.44. The SMILES string of the molecule is COc1ccc(N2C(=NC(=O)[C@H]3CCCO3)S[C@@H]3CS(=O)(=O)C[C@@H]32)c(OC)c1. The van der Waals surface area contributed by atoms with Gasteiger partial charge < -0.3 is 19.1 Å². The van der Waals surface area contributed by atoms with E-state index in [1.807, 2.05) is 4.90 Å². The molecule has 0 radical (unpaired) electrons. The van der Waals surface area contributed by atoms with Gasteiger partial charge in [0, 0.05) is 17.9 Å². The van der Waals surface area contributed by atoms with Crippen LogP contribution < -0.4 is 14.4 Å². The van der Waals surface area contributed by atoms with Crippen LogP contribution in [-0.2, 0) is 19.4 Å². The van der Waals surface area contributed by atoms with Crippen molar-refractivity contribution in [2.75, 3.05) is 37.2 Å². The maximum absolute atomic E-state index is 12.6. The van der Waals surface area contributed by atoms with Crippen LogP contribution in [0.3, 0.4) is 0 Å². The van der Waals surface area contributed by atoms with E-state index in [9.17, 15) is 13.2 Å². The number of aliphatic imine (C=N–C) groups is 1. The third kappa shape index (κ3) is 3.60. The van der Waals surface area contributed by atoms with Crippen LogP contribution in [0.2, 0.25) is 0 Å². The zero-order chi connectivity index (χ0) is 19.9. The van der Waals surface area contributed by atoms with Crippen LogP contribution in [-0.4, -0.2) is 69.2 Å². The van der Waals surface area contributed by atoms with Gasteiger partial charge in [-0.25, -0.2) is 8.42 Å². The minimum atomic E-state index is -3.14. The average molecular weight is 427 g/mol. The Morgan fingerprint density at radius 1 is 1.29 bits per heavy atom. The van der Waals surface area contributed by atoms with Gasteiger partial charge in [0.05, 0.1) is 37.5 Å². The lowest BCUT2D eigenvalue weighted by atomic mass is 10.2. The lowest BCUT2D eigenvalue weighted by Crippen LogP contribution is -2.38. The first-order valence-electron chi connectivity index (χ1n) is 9.04. The number of sulfone groups is 1. The highest BCUT2D eigenvalue weighted by Gasteiger charge is 2.50. The number of anilines is 1. The molecule has 0 aromatic heterocycles. The summed E-state index contributed by atoms with van der Waals surface area (Å²) in [6, 6.07) is 5.01. The highest BCUT2D eigenvalue weighted by molar-refractivity contribution is 8.16. The number of rotatable bonds is 4. The first-order valence-corrected chi connectivity index (χ1v) is 11.7. The number of hydrogen-bond acceptors (Lipinski definition) is 7. The summed E-state index contributed by atoms with van der Waals surface area (Å²) in [6.45, 7) is 0.563. The fourth-order valence-corrected chi connectivity index (χ4v) is 7.68. The van der Waals surface area contributed by atoms with Gasteiger partial charge >= 0.3 is 0 Å². The van der Waals surface area contributed by atoms with Gasteiger partial charge in [-0.15, -0.1) is 0 Å². The molecule has 1 amide bonds. The molecule has 3 saturated heterocycles. The molecule has 10 heteroatoms. The maximum Gasteiger partial charge on any atom is 0.277 e. The summed E-state index contributed by atoms with van der Waals surface area (Å²) in [4.78, 5) is 18.7. The van der Waals surface area contributed by atoms with Crippen LogP contribution in [0.5, 0.6) is 11.5 Å². The maximum atomic E-state index is 12.6. The second-order valence-electron chi connectivity index (χ2n) is 6.94. The van der Waals surface area contributed by atoms with E-state index in [-0.39, 0.29) is 28.7 Å². The van der Waals surface area contributed by atoms with E-state index in [0.717, 1.165) is 6.42 Å².